The summed E-state index contributed by atoms with van der Waals surface area (Å²) in [7, 11) is 1.73. The number of carbonyl (C=O) groups is 1. The Morgan fingerprint density at radius 3 is 2.32 bits per heavy atom. The van der Waals surface area contributed by atoms with Gasteiger partial charge >= 0.3 is 12.1 Å². The number of alkyl halides is 3. The van der Waals surface area contributed by atoms with Gasteiger partial charge in [-0.2, -0.15) is 13.2 Å². The molecule has 7 nitrogen and oxygen atoms in total. The lowest BCUT2D eigenvalue weighted by molar-refractivity contribution is -0.154. The van der Waals surface area contributed by atoms with Crippen molar-refractivity contribution in [2.24, 2.45) is 0 Å². The number of halogens is 3. The van der Waals surface area contributed by atoms with Gasteiger partial charge in [0.25, 0.3) is 5.76 Å². The van der Waals surface area contributed by atoms with Crippen LogP contribution < -0.4 is 10.2 Å². The van der Waals surface area contributed by atoms with Crippen molar-refractivity contribution in [3.8, 4) is 17.2 Å². The minimum absolute atomic E-state index is 0.00777. The first-order valence-corrected chi connectivity index (χ1v) is 11.6. The van der Waals surface area contributed by atoms with Crippen LogP contribution in [0.2, 0.25) is 0 Å². The number of esters is 1. The number of hydrogen-bond donors (Lipinski definition) is 1. The smallest absolute Gasteiger partial charge is 0.453 e. The predicted octanol–water partition coefficient (Wildman–Crippen LogP) is 6.12. The van der Waals surface area contributed by atoms with Gasteiger partial charge in [0.15, 0.2) is 0 Å². The molecule has 0 aliphatic rings. The van der Waals surface area contributed by atoms with Crippen molar-refractivity contribution in [3.63, 3.8) is 0 Å². The monoisotopic (exact) mass is 527 g/mol. The summed E-state index contributed by atoms with van der Waals surface area (Å²) >= 11 is 0. The molecule has 0 amide bonds. The minimum Gasteiger partial charge on any atom is -0.507 e. The lowest BCUT2D eigenvalue weighted by atomic mass is 10.1. The summed E-state index contributed by atoms with van der Waals surface area (Å²) in [6.45, 7) is 2.24. The van der Waals surface area contributed by atoms with E-state index in [-0.39, 0.29) is 46.7 Å². The molecule has 1 heterocycles. The summed E-state index contributed by atoms with van der Waals surface area (Å²) < 4.78 is 57.6. The van der Waals surface area contributed by atoms with Gasteiger partial charge in [0.05, 0.1) is 23.1 Å². The van der Waals surface area contributed by atoms with Gasteiger partial charge in [0.1, 0.15) is 17.1 Å². The van der Waals surface area contributed by atoms with E-state index in [4.69, 9.17) is 13.9 Å². The molecule has 0 aliphatic carbocycles. The van der Waals surface area contributed by atoms with Gasteiger partial charge < -0.3 is 19.0 Å². The largest absolute Gasteiger partial charge is 0.507 e. The van der Waals surface area contributed by atoms with Crippen LogP contribution in [0.1, 0.15) is 34.2 Å². The van der Waals surface area contributed by atoms with Crippen LogP contribution in [0.3, 0.4) is 0 Å². The topological polar surface area (TPSA) is 89.2 Å². The highest BCUT2D eigenvalue weighted by Gasteiger charge is 2.41. The van der Waals surface area contributed by atoms with Crippen LogP contribution in [0.25, 0.3) is 11.0 Å². The molecule has 0 spiro atoms. The zero-order valence-electron chi connectivity index (χ0n) is 20.5. The van der Waals surface area contributed by atoms with E-state index in [0.29, 0.717) is 6.54 Å². The molecule has 1 aromatic heterocycles. The van der Waals surface area contributed by atoms with Gasteiger partial charge in [-0.3, -0.25) is 9.69 Å². The van der Waals surface area contributed by atoms with Crippen molar-refractivity contribution in [1.82, 2.24) is 4.90 Å². The lowest BCUT2D eigenvalue weighted by Gasteiger charge is -2.19. The first-order valence-electron chi connectivity index (χ1n) is 11.6. The van der Waals surface area contributed by atoms with Crippen LogP contribution in [0.15, 0.2) is 75.9 Å². The van der Waals surface area contributed by atoms with Crippen LogP contribution in [0.4, 0.5) is 13.2 Å². The molecule has 0 fully saturated rings. The Balaban J connectivity index is 1.74. The highest BCUT2D eigenvalue weighted by Crippen LogP contribution is 2.40. The number of benzene rings is 3. The number of aromatic hydroxyl groups is 1. The number of phenolic OH excluding ortho intramolecular Hbond substituents is 1. The molecule has 4 aromatic rings. The van der Waals surface area contributed by atoms with E-state index in [1.807, 2.05) is 30.3 Å². The van der Waals surface area contributed by atoms with Crippen molar-refractivity contribution in [2.75, 3.05) is 13.7 Å². The number of phenols is 1. The maximum Gasteiger partial charge on any atom is 0.453 e. The summed E-state index contributed by atoms with van der Waals surface area (Å²) in [4.78, 5) is 26.9. The van der Waals surface area contributed by atoms with Crippen LogP contribution in [-0.4, -0.2) is 29.6 Å². The highest BCUT2D eigenvalue weighted by molar-refractivity contribution is 5.89. The molecular weight excluding hydrogens is 503 g/mol. The molecule has 198 valence electrons. The summed E-state index contributed by atoms with van der Waals surface area (Å²) in [6.07, 6.45) is -5.08. The summed E-state index contributed by atoms with van der Waals surface area (Å²) in [5.74, 6) is -3.72. The maximum absolute atomic E-state index is 14.0. The lowest BCUT2D eigenvalue weighted by Crippen LogP contribution is -2.19. The molecule has 0 aliphatic heterocycles. The second-order valence-corrected chi connectivity index (χ2v) is 8.53. The standard InChI is InChI=1S/C28H24F3NO6/c1-3-36-27(35)18-9-11-19(12-10-18)37-25-23(34)20-13-14-22(33)21(24(20)38-26(25)28(29,30)31)16-32(2)15-17-7-5-4-6-8-17/h4-14,33H,3,15-16H2,1-2H3. The van der Waals surface area contributed by atoms with E-state index in [1.165, 1.54) is 36.4 Å². The SMILES string of the molecule is CCOC(=O)c1ccc(Oc2c(C(F)(F)F)oc3c(CN(C)Cc4ccccc4)c(O)ccc3c2=O)cc1. The Kier molecular flexibility index (Phi) is 7.72. The predicted molar refractivity (Wildman–Crippen MR) is 133 cm³/mol. The molecular formula is C28H24F3NO6. The number of rotatable bonds is 8. The highest BCUT2D eigenvalue weighted by atomic mass is 19.4. The number of carbonyl (C=O) groups excluding carboxylic acids is 1. The van der Waals surface area contributed by atoms with Crippen molar-refractivity contribution < 1.29 is 37.0 Å². The molecule has 0 saturated heterocycles. The number of hydrogen-bond acceptors (Lipinski definition) is 7. The zero-order valence-corrected chi connectivity index (χ0v) is 20.5. The summed E-state index contributed by atoms with van der Waals surface area (Å²) in [5.41, 5.74) is -0.279. The maximum atomic E-state index is 14.0. The Morgan fingerprint density at radius 1 is 1.00 bits per heavy atom. The van der Waals surface area contributed by atoms with Gasteiger partial charge in [-0.25, -0.2) is 4.79 Å². The third-order valence-corrected chi connectivity index (χ3v) is 5.66. The molecule has 3 aromatic carbocycles. The van der Waals surface area contributed by atoms with Crippen LogP contribution >= 0.6 is 0 Å². The van der Waals surface area contributed by atoms with Crippen LogP contribution in [0, 0.1) is 0 Å². The number of ether oxygens (including phenoxy) is 2. The third kappa shape index (κ3) is 5.81. The van der Waals surface area contributed by atoms with E-state index in [9.17, 15) is 27.9 Å². The fourth-order valence-electron chi connectivity index (χ4n) is 3.93. The third-order valence-electron chi connectivity index (χ3n) is 5.66. The Labute approximate surface area is 215 Å². The van der Waals surface area contributed by atoms with Gasteiger partial charge in [-0.05, 0) is 55.9 Å². The van der Waals surface area contributed by atoms with Crippen LogP contribution in [-0.2, 0) is 24.0 Å². The molecule has 0 radical (unpaired) electrons. The minimum atomic E-state index is -5.08. The molecule has 0 bridgehead atoms. The Hall–Kier alpha value is -4.31. The molecule has 38 heavy (non-hydrogen) atoms. The first-order chi connectivity index (χ1) is 18.1. The molecule has 0 unspecified atom stereocenters. The van der Waals surface area contributed by atoms with E-state index in [1.54, 1.807) is 18.9 Å². The number of nitrogens with zero attached hydrogens (tertiary/aromatic N) is 1. The average molecular weight is 527 g/mol. The Morgan fingerprint density at radius 2 is 1.68 bits per heavy atom. The van der Waals surface area contributed by atoms with Crippen molar-refractivity contribution in [1.29, 1.82) is 0 Å². The molecule has 4 rings (SSSR count). The van der Waals surface area contributed by atoms with E-state index in [2.05, 4.69) is 0 Å². The summed E-state index contributed by atoms with van der Waals surface area (Å²) in [5, 5.41) is 10.3. The summed E-state index contributed by atoms with van der Waals surface area (Å²) in [6, 6.07) is 16.9. The van der Waals surface area contributed by atoms with E-state index >= 15 is 0 Å². The fourth-order valence-corrected chi connectivity index (χ4v) is 3.93. The second-order valence-electron chi connectivity index (χ2n) is 8.53. The zero-order chi connectivity index (χ0) is 27.4. The van der Waals surface area contributed by atoms with Crippen LogP contribution in [0.5, 0.6) is 17.2 Å². The van der Waals surface area contributed by atoms with Crippen molar-refractivity contribution in [3.05, 3.63) is 99.4 Å². The first kappa shape index (κ1) is 26.7. The quantitative estimate of drug-likeness (QED) is 0.276. The second kappa shape index (κ2) is 11.0. The molecule has 10 heteroatoms. The number of fused-ring (bicyclic) bond motifs is 1. The van der Waals surface area contributed by atoms with Gasteiger partial charge in [-0.1, -0.05) is 30.3 Å². The Bertz CT molecular complexity index is 1500. The van der Waals surface area contributed by atoms with Gasteiger partial charge in [0.2, 0.25) is 11.2 Å². The van der Waals surface area contributed by atoms with Gasteiger partial charge in [0, 0.05) is 13.1 Å². The fraction of sp³-hybridized carbons (Fsp3) is 0.214. The normalized spacial score (nSPS) is 11.6. The van der Waals surface area contributed by atoms with Crippen molar-refractivity contribution >= 4 is 16.9 Å². The van der Waals surface area contributed by atoms with Crippen molar-refractivity contribution in [2.45, 2.75) is 26.2 Å². The molecule has 0 atom stereocenters. The molecule has 0 saturated carbocycles. The van der Waals surface area contributed by atoms with Gasteiger partial charge in [-0.15, -0.1) is 0 Å². The van der Waals surface area contributed by atoms with E-state index < -0.39 is 29.1 Å². The average Bonchev–Trinajstić information content (AvgIpc) is 2.87. The molecule has 1 N–H and O–H groups in total. The van der Waals surface area contributed by atoms with E-state index in [0.717, 1.165) is 5.56 Å².